The first-order valence-electron chi connectivity index (χ1n) is 7.77. The second-order valence-electron chi connectivity index (χ2n) is 5.34. The molecule has 1 heterocycles. The van der Waals surface area contributed by atoms with Crippen LogP contribution in [-0.4, -0.2) is 34.0 Å². The van der Waals surface area contributed by atoms with E-state index >= 15 is 0 Å². The fourth-order valence-electron chi connectivity index (χ4n) is 2.40. The van der Waals surface area contributed by atoms with E-state index in [0.717, 1.165) is 36.1 Å². The van der Waals surface area contributed by atoms with Gasteiger partial charge in [0.2, 0.25) is 0 Å². The minimum Gasteiger partial charge on any atom is -0.332 e. The van der Waals surface area contributed by atoms with Crippen LogP contribution in [0.1, 0.15) is 5.56 Å². The molecule has 1 aliphatic rings. The van der Waals surface area contributed by atoms with Gasteiger partial charge in [-0.2, -0.15) is 0 Å². The zero-order valence-electron chi connectivity index (χ0n) is 13.1. The smallest absolute Gasteiger partial charge is 0.179 e. The molecular formula is C18H18ClN3S2. The summed E-state index contributed by atoms with van der Waals surface area (Å²) >= 11 is 13.3. The Morgan fingerprint density at radius 3 is 2.83 bits per heavy atom. The van der Waals surface area contributed by atoms with Crippen LogP contribution in [0.15, 0.2) is 59.6 Å². The molecule has 1 aliphatic heterocycles. The third kappa shape index (κ3) is 4.72. The average molecular weight is 376 g/mol. The molecule has 0 aliphatic carbocycles. The summed E-state index contributed by atoms with van der Waals surface area (Å²) in [5, 5.41) is 5.59. The second-order valence-corrected chi connectivity index (χ2v) is 7.23. The molecule has 3 rings (SSSR count). The fourth-order valence-corrected chi connectivity index (χ4v) is 3.92. The number of thiocarbonyl (C=S) groups is 1. The number of nitrogens with one attached hydrogen (secondary N) is 1. The zero-order valence-corrected chi connectivity index (χ0v) is 15.5. The normalized spacial score (nSPS) is 15.7. The number of amidine groups is 1. The summed E-state index contributed by atoms with van der Waals surface area (Å²) in [4.78, 5) is 6.79. The highest BCUT2D eigenvalue weighted by atomic mass is 35.5. The van der Waals surface area contributed by atoms with E-state index < -0.39 is 0 Å². The first-order valence-corrected chi connectivity index (χ1v) is 9.55. The summed E-state index contributed by atoms with van der Waals surface area (Å²) in [6.45, 7) is 1.64. The number of hydrogen-bond donors (Lipinski definition) is 1. The maximum Gasteiger partial charge on any atom is 0.179 e. The molecule has 0 saturated carbocycles. The number of thioether (sulfide) groups is 1. The number of aliphatic imine (C=N–C) groups is 1. The molecule has 2 aromatic carbocycles. The van der Waals surface area contributed by atoms with Crippen molar-refractivity contribution >= 4 is 51.5 Å². The summed E-state index contributed by atoms with van der Waals surface area (Å²) < 4.78 is 0. The Labute approximate surface area is 157 Å². The van der Waals surface area contributed by atoms with E-state index in [4.69, 9.17) is 28.8 Å². The number of halogens is 1. The molecule has 3 nitrogen and oxygen atoms in total. The number of anilines is 1. The topological polar surface area (TPSA) is 27.6 Å². The second kappa shape index (κ2) is 8.51. The molecule has 0 aromatic heterocycles. The van der Waals surface area contributed by atoms with Crippen LogP contribution in [0.5, 0.6) is 0 Å². The third-order valence-corrected chi connectivity index (χ3v) is 5.14. The lowest BCUT2D eigenvalue weighted by Gasteiger charge is -2.20. The lowest BCUT2D eigenvalue weighted by Crippen LogP contribution is -2.35. The van der Waals surface area contributed by atoms with Gasteiger partial charge in [-0.05, 0) is 42.4 Å². The van der Waals surface area contributed by atoms with Gasteiger partial charge in [-0.1, -0.05) is 59.8 Å². The molecule has 0 amide bonds. The van der Waals surface area contributed by atoms with E-state index in [9.17, 15) is 0 Å². The van der Waals surface area contributed by atoms with Crippen molar-refractivity contribution in [3.8, 4) is 0 Å². The monoisotopic (exact) mass is 375 g/mol. The van der Waals surface area contributed by atoms with Gasteiger partial charge in [0.25, 0.3) is 0 Å². The van der Waals surface area contributed by atoms with Crippen LogP contribution in [0.3, 0.4) is 0 Å². The average Bonchev–Trinajstić information content (AvgIpc) is 3.04. The standard InChI is InChI=1S/C18H18ClN3S2/c19-15-7-4-8-16(13-15)21-17(23)22-11-12-24-18(22)20-10-9-14-5-2-1-3-6-14/h1-8,13H,9-12H2,(H,21,23)/b20-18+. The highest BCUT2D eigenvalue weighted by Crippen LogP contribution is 2.21. The summed E-state index contributed by atoms with van der Waals surface area (Å²) in [5.74, 6) is 1.00. The molecule has 6 heteroatoms. The van der Waals surface area contributed by atoms with Crippen molar-refractivity contribution in [3.63, 3.8) is 0 Å². The molecule has 0 radical (unpaired) electrons. The minimum absolute atomic E-state index is 0.667. The molecule has 2 aromatic rings. The van der Waals surface area contributed by atoms with Crippen molar-refractivity contribution in [2.24, 2.45) is 4.99 Å². The van der Waals surface area contributed by atoms with Crippen LogP contribution in [0, 0.1) is 0 Å². The number of benzene rings is 2. The first-order chi connectivity index (χ1) is 11.7. The molecule has 0 atom stereocenters. The van der Waals surface area contributed by atoms with Crippen LogP contribution in [0.2, 0.25) is 5.02 Å². The summed E-state index contributed by atoms with van der Waals surface area (Å²) in [6, 6.07) is 18.0. The van der Waals surface area contributed by atoms with Gasteiger partial charge in [-0.25, -0.2) is 0 Å². The van der Waals surface area contributed by atoms with Crippen molar-refractivity contribution in [1.82, 2.24) is 4.90 Å². The Bertz CT molecular complexity index is 734. The molecule has 0 bridgehead atoms. The SMILES string of the molecule is S=C(Nc1cccc(Cl)c1)N1CCS/C1=N/CCc1ccccc1. The molecule has 1 N–H and O–H groups in total. The Kier molecular flexibility index (Phi) is 6.12. The summed E-state index contributed by atoms with van der Waals surface area (Å²) in [5.41, 5.74) is 2.20. The highest BCUT2D eigenvalue weighted by molar-refractivity contribution is 8.14. The van der Waals surface area contributed by atoms with Gasteiger partial charge in [-0.3, -0.25) is 9.89 Å². The Balaban J connectivity index is 1.60. The van der Waals surface area contributed by atoms with Crippen molar-refractivity contribution in [2.75, 3.05) is 24.2 Å². The number of nitrogens with zero attached hydrogens (tertiary/aromatic N) is 2. The Morgan fingerprint density at radius 1 is 1.21 bits per heavy atom. The van der Waals surface area contributed by atoms with Crippen molar-refractivity contribution in [3.05, 3.63) is 65.2 Å². The van der Waals surface area contributed by atoms with Gasteiger partial charge in [-0.15, -0.1) is 0 Å². The number of hydrogen-bond acceptors (Lipinski definition) is 3. The van der Waals surface area contributed by atoms with Crippen LogP contribution in [0.25, 0.3) is 0 Å². The Morgan fingerprint density at radius 2 is 2.04 bits per heavy atom. The van der Waals surface area contributed by atoms with Gasteiger partial charge in [0, 0.05) is 29.6 Å². The zero-order chi connectivity index (χ0) is 16.8. The van der Waals surface area contributed by atoms with Crippen LogP contribution in [0.4, 0.5) is 5.69 Å². The number of rotatable bonds is 4. The van der Waals surface area contributed by atoms with Crippen LogP contribution >= 0.6 is 35.6 Å². The first kappa shape index (κ1) is 17.3. The van der Waals surface area contributed by atoms with E-state index in [1.807, 2.05) is 30.3 Å². The predicted octanol–water partition coefficient (Wildman–Crippen LogP) is 4.68. The van der Waals surface area contributed by atoms with Gasteiger partial charge < -0.3 is 5.32 Å². The molecule has 0 spiro atoms. The minimum atomic E-state index is 0.667. The van der Waals surface area contributed by atoms with Gasteiger partial charge in [0.1, 0.15) is 0 Å². The quantitative estimate of drug-likeness (QED) is 0.785. The van der Waals surface area contributed by atoms with Gasteiger partial charge in [0.05, 0.1) is 0 Å². The molecule has 0 unspecified atom stereocenters. The largest absolute Gasteiger partial charge is 0.332 e. The maximum absolute atomic E-state index is 6.02. The molecule has 124 valence electrons. The Hall–Kier alpha value is -1.56. The van der Waals surface area contributed by atoms with E-state index in [1.165, 1.54) is 5.56 Å². The molecule has 1 fully saturated rings. The molecule has 24 heavy (non-hydrogen) atoms. The van der Waals surface area contributed by atoms with E-state index in [-0.39, 0.29) is 0 Å². The molecule has 1 saturated heterocycles. The highest BCUT2D eigenvalue weighted by Gasteiger charge is 2.23. The molecular weight excluding hydrogens is 358 g/mol. The van der Waals surface area contributed by atoms with Crippen molar-refractivity contribution < 1.29 is 0 Å². The van der Waals surface area contributed by atoms with Crippen molar-refractivity contribution in [1.29, 1.82) is 0 Å². The third-order valence-electron chi connectivity index (χ3n) is 3.59. The lowest BCUT2D eigenvalue weighted by molar-refractivity contribution is 0.682. The summed E-state index contributed by atoms with van der Waals surface area (Å²) in [6.07, 6.45) is 0.938. The fraction of sp³-hybridized carbons (Fsp3) is 0.222. The van der Waals surface area contributed by atoms with Gasteiger partial charge in [0.15, 0.2) is 10.3 Å². The predicted molar refractivity (Wildman–Crippen MR) is 109 cm³/mol. The van der Waals surface area contributed by atoms with Crippen molar-refractivity contribution in [2.45, 2.75) is 6.42 Å². The van der Waals surface area contributed by atoms with E-state index in [2.05, 4.69) is 34.5 Å². The lowest BCUT2D eigenvalue weighted by atomic mass is 10.2. The van der Waals surface area contributed by atoms with Gasteiger partial charge >= 0.3 is 0 Å². The maximum atomic E-state index is 6.02. The van der Waals surface area contributed by atoms with E-state index in [1.54, 1.807) is 11.8 Å². The van der Waals surface area contributed by atoms with E-state index in [0.29, 0.717) is 10.1 Å². The van der Waals surface area contributed by atoms with Crippen LogP contribution in [-0.2, 0) is 6.42 Å². The van der Waals surface area contributed by atoms with Crippen LogP contribution < -0.4 is 5.32 Å². The summed E-state index contributed by atoms with van der Waals surface area (Å²) in [7, 11) is 0.